The van der Waals surface area contributed by atoms with Gasteiger partial charge in [-0.25, -0.2) is 4.89 Å². The highest BCUT2D eigenvalue weighted by Crippen LogP contribution is 2.26. The maximum Gasteiger partial charge on any atom is 0.363 e. The highest BCUT2D eigenvalue weighted by molar-refractivity contribution is 7.67. The second-order valence-electron chi connectivity index (χ2n) is 2.98. The Hall–Kier alpha value is -1.17. The van der Waals surface area contributed by atoms with Crippen molar-refractivity contribution < 1.29 is 4.89 Å². The fourth-order valence-electron chi connectivity index (χ4n) is 1.29. The van der Waals surface area contributed by atoms with Crippen molar-refractivity contribution in [2.75, 3.05) is 0 Å². The quantitative estimate of drug-likeness (QED) is 0.739. The Morgan fingerprint density at radius 2 is 1.00 bits per heavy atom. The summed E-state index contributed by atoms with van der Waals surface area (Å²) in [4.78, 5) is 10.1. The van der Waals surface area contributed by atoms with E-state index in [1.165, 1.54) is 0 Å². The molecule has 0 unspecified atom stereocenters. The monoisotopic (exact) mass is 202 g/mol. The van der Waals surface area contributed by atoms with Gasteiger partial charge in [0.15, 0.2) is 10.6 Å². The van der Waals surface area contributed by atoms with Crippen LogP contribution in [0.1, 0.15) is 0 Å². The van der Waals surface area contributed by atoms with E-state index in [0.29, 0.717) is 0 Å². The van der Waals surface area contributed by atoms with Gasteiger partial charge in [0, 0.05) is 0 Å². The van der Waals surface area contributed by atoms with E-state index in [4.69, 9.17) is 0 Å². The summed E-state index contributed by atoms with van der Waals surface area (Å²) in [5, 5.41) is 1.99. The Morgan fingerprint density at radius 1 is 0.643 bits per heavy atom. The van der Waals surface area contributed by atoms with Gasteiger partial charge < -0.3 is 0 Å². The van der Waals surface area contributed by atoms with Crippen molar-refractivity contribution in [2.24, 2.45) is 0 Å². The predicted octanol–water partition coefficient (Wildman–Crippen LogP) is 2.03. The van der Waals surface area contributed by atoms with Gasteiger partial charge in [-0.2, -0.15) is 0 Å². The third kappa shape index (κ3) is 2.01. The van der Waals surface area contributed by atoms with E-state index < -0.39 is 8.15 Å². The standard InChI is InChI=1S/C12H11OP/c13-14(11-7-3-1-4-8-11)12-9-5-2-6-10-12/h1-10,13H/q+1. The molecule has 2 aromatic rings. The fraction of sp³-hybridized carbons (Fsp3) is 0. The molecule has 69 valence electrons. The van der Waals surface area contributed by atoms with E-state index in [9.17, 15) is 4.89 Å². The third-order valence-corrected chi connectivity index (χ3v) is 3.58. The Morgan fingerprint density at radius 3 is 1.36 bits per heavy atom. The minimum atomic E-state index is -1.17. The van der Waals surface area contributed by atoms with Crippen LogP contribution in [-0.2, 0) is 0 Å². The van der Waals surface area contributed by atoms with Crippen LogP contribution in [0.25, 0.3) is 0 Å². The summed E-state index contributed by atoms with van der Waals surface area (Å²) in [7, 11) is -1.17. The highest BCUT2D eigenvalue weighted by Gasteiger charge is 2.25. The molecule has 0 heterocycles. The zero-order chi connectivity index (χ0) is 9.80. The average molecular weight is 202 g/mol. The molecule has 0 aromatic heterocycles. The van der Waals surface area contributed by atoms with Crippen molar-refractivity contribution in [1.82, 2.24) is 0 Å². The van der Waals surface area contributed by atoms with Gasteiger partial charge in [0.1, 0.15) is 0 Å². The zero-order valence-electron chi connectivity index (χ0n) is 7.67. The molecule has 0 aliphatic carbocycles. The molecule has 0 amide bonds. The van der Waals surface area contributed by atoms with Crippen LogP contribution in [0.3, 0.4) is 0 Å². The van der Waals surface area contributed by atoms with Crippen molar-refractivity contribution in [1.29, 1.82) is 0 Å². The summed E-state index contributed by atoms with van der Waals surface area (Å²) in [5.41, 5.74) is 0. The van der Waals surface area contributed by atoms with E-state index >= 15 is 0 Å². The van der Waals surface area contributed by atoms with Crippen LogP contribution in [0.15, 0.2) is 60.7 Å². The molecule has 2 rings (SSSR count). The number of rotatable bonds is 2. The third-order valence-electron chi connectivity index (χ3n) is 2.00. The van der Waals surface area contributed by atoms with Crippen LogP contribution in [0.5, 0.6) is 0 Å². The molecule has 0 atom stereocenters. The molecule has 0 aliphatic rings. The summed E-state index contributed by atoms with van der Waals surface area (Å²) >= 11 is 0. The molecule has 14 heavy (non-hydrogen) atoms. The maximum atomic E-state index is 10.1. The molecule has 2 heteroatoms. The molecule has 2 aromatic carbocycles. The fourth-order valence-corrected chi connectivity index (χ4v) is 2.49. The summed E-state index contributed by atoms with van der Waals surface area (Å²) in [6.07, 6.45) is 0. The van der Waals surface area contributed by atoms with Crippen LogP contribution >= 0.6 is 8.15 Å². The van der Waals surface area contributed by atoms with E-state index in [0.717, 1.165) is 10.6 Å². The van der Waals surface area contributed by atoms with Crippen molar-refractivity contribution in [3.63, 3.8) is 0 Å². The molecule has 1 radical (unpaired) electrons. The first-order valence-electron chi connectivity index (χ1n) is 4.47. The molecule has 0 bridgehead atoms. The van der Waals surface area contributed by atoms with Crippen molar-refractivity contribution in [2.45, 2.75) is 0 Å². The van der Waals surface area contributed by atoms with Gasteiger partial charge in [-0.05, 0) is 24.3 Å². The lowest BCUT2D eigenvalue weighted by Gasteiger charge is -1.95. The smallest absolute Gasteiger partial charge is 0.201 e. The molecular weight excluding hydrogens is 191 g/mol. The van der Waals surface area contributed by atoms with Crippen molar-refractivity contribution in [3.05, 3.63) is 60.7 Å². The number of hydrogen-bond donors (Lipinski definition) is 1. The van der Waals surface area contributed by atoms with E-state index in [1.807, 2.05) is 60.7 Å². The Balaban J connectivity index is 2.30. The normalized spacial score (nSPS) is 10.4. The lowest BCUT2D eigenvalue weighted by Crippen LogP contribution is -2.09. The van der Waals surface area contributed by atoms with Crippen LogP contribution in [0.2, 0.25) is 0 Å². The molecule has 0 aliphatic heterocycles. The average Bonchev–Trinajstić information content (AvgIpc) is 2.30. The van der Waals surface area contributed by atoms with E-state index in [-0.39, 0.29) is 0 Å². The highest BCUT2D eigenvalue weighted by atomic mass is 31.1. The van der Waals surface area contributed by atoms with Gasteiger partial charge in [0.05, 0.1) is 0 Å². The van der Waals surface area contributed by atoms with Gasteiger partial charge in [-0.3, -0.25) is 0 Å². The Labute approximate surface area is 84.9 Å². The molecular formula is C12H11OP+. The summed E-state index contributed by atoms with van der Waals surface area (Å²) in [6.45, 7) is 0. The molecule has 0 fully saturated rings. The van der Waals surface area contributed by atoms with Gasteiger partial charge in [-0.15, -0.1) is 0 Å². The zero-order valence-corrected chi connectivity index (χ0v) is 8.56. The molecule has 1 N–H and O–H groups in total. The van der Waals surface area contributed by atoms with Gasteiger partial charge in [0.25, 0.3) is 0 Å². The first-order chi connectivity index (χ1) is 6.88. The molecule has 1 nitrogen and oxygen atoms in total. The predicted molar refractivity (Wildman–Crippen MR) is 61.3 cm³/mol. The summed E-state index contributed by atoms with van der Waals surface area (Å²) in [6, 6.07) is 19.5. The van der Waals surface area contributed by atoms with Crippen LogP contribution in [0.4, 0.5) is 0 Å². The molecule has 0 saturated carbocycles. The first-order valence-corrected chi connectivity index (χ1v) is 5.76. The van der Waals surface area contributed by atoms with E-state index in [2.05, 4.69) is 0 Å². The van der Waals surface area contributed by atoms with Crippen LogP contribution in [0, 0.1) is 0 Å². The lowest BCUT2D eigenvalue weighted by atomic mass is 10.4. The first kappa shape index (κ1) is 9.39. The molecule has 0 saturated heterocycles. The minimum absolute atomic E-state index is 0.994. The second-order valence-corrected chi connectivity index (χ2v) is 4.64. The Bertz CT molecular complexity index is 346. The van der Waals surface area contributed by atoms with Crippen LogP contribution in [-0.4, -0.2) is 4.89 Å². The summed E-state index contributed by atoms with van der Waals surface area (Å²) in [5.74, 6) is 0. The maximum absolute atomic E-state index is 10.1. The minimum Gasteiger partial charge on any atom is -0.201 e. The Kier molecular flexibility index (Phi) is 2.93. The van der Waals surface area contributed by atoms with Gasteiger partial charge >= 0.3 is 8.15 Å². The van der Waals surface area contributed by atoms with Crippen LogP contribution < -0.4 is 10.6 Å². The SMILES string of the molecule is O[P+](c1ccccc1)c1ccccc1. The largest absolute Gasteiger partial charge is 0.363 e. The van der Waals surface area contributed by atoms with E-state index in [1.54, 1.807) is 0 Å². The van der Waals surface area contributed by atoms with Gasteiger partial charge in [0.2, 0.25) is 0 Å². The number of hydrogen-bond acceptors (Lipinski definition) is 1. The molecule has 0 spiro atoms. The number of benzene rings is 2. The summed E-state index contributed by atoms with van der Waals surface area (Å²) < 4.78 is 0. The van der Waals surface area contributed by atoms with Gasteiger partial charge in [-0.1, -0.05) is 36.4 Å². The lowest BCUT2D eigenvalue weighted by molar-refractivity contribution is 0.644. The second kappa shape index (κ2) is 4.36. The topological polar surface area (TPSA) is 20.2 Å². The van der Waals surface area contributed by atoms with Crippen molar-refractivity contribution in [3.8, 4) is 0 Å². The van der Waals surface area contributed by atoms with Crippen molar-refractivity contribution >= 4 is 18.8 Å².